The van der Waals surface area contributed by atoms with Gasteiger partial charge < -0.3 is 11.1 Å². The van der Waals surface area contributed by atoms with Gasteiger partial charge in [0, 0.05) is 6.04 Å². The van der Waals surface area contributed by atoms with Crippen LogP contribution in [-0.2, 0) is 0 Å². The van der Waals surface area contributed by atoms with Crippen molar-refractivity contribution < 1.29 is 4.79 Å². The molecule has 1 heterocycles. The normalized spacial score (nSPS) is 16.0. The molecule has 1 aliphatic carbocycles. The highest BCUT2D eigenvalue weighted by Gasteiger charge is 2.20. The Morgan fingerprint density at radius 2 is 2.21 bits per heavy atom. The van der Waals surface area contributed by atoms with Crippen molar-refractivity contribution in [2.45, 2.75) is 25.3 Å². The number of nitrogens with two attached hydrogens (primary N) is 1. The van der Waals surface area contributed by atoms with Crippen LogP contribution in [0.1, 0.15) is 29.8 Å². The molecule has 74 valence electrons. The summed E-state index contributed by atoms with van der Waals surface area (Å²) in [7, 11) is 0. The van der Waals surface area contributed by atoms with Crippen LogP contribution < -0.4 is 11.1 Å². The predicted octanol–water partition coefficient (Wildman–Crippen LogP) is 0.341. The van der Waals surface area contributed by atoms with Crippen LogP contribution in [-0.4, -0.2) is 22.1 Å². The highest BCUT2D eigenvalue weighted by molar-refractivity contribution is 5.92. The zero-order chi connectivity index (χ0) is 9.97. The van der Waals surface area contributed by atoms with Gasteiger partial charge in [0.2, 0.25) is 0 Å². The highest BCUT2D eigenvalue weighted by Crippen LogP contribution is 2.18. The summed E-state index contributed by atoms with van der Waals surface area (Å²) in [6.45, 7) is 0. The van der Waals surface area contributed by atoms with Crippen molar-refractivity contribution >= 4 is 11.7 Å². The number of nitrogens with zero attached hydrogens (tertiary/aromatic N) is 2. The Hall–Kier alpha value is -1.65. The second-order valence-corrected chi connectivity index (χ2v) is 3.44. The first kappa shape index (κ1) is 8.93. The van der Waals surface area contributed by atoms with Gasteiger partial charge in [-0.3, -0.25) is 4.79 Å². The van der Waals surface area contributed by atoms with Crippen molar-refractivity contribution in [3.8, 4) is 0 Å². The number of amides is 1. The Balaban J connectivity index is 1.99. The number of anilines is 1. The molecular formula is C9H12N4O. The summed E-state index contributed by atoms with van der Waals surface area (Å²) >= 11 is 0. The Morgan fingerprint density at radius 3 is 2.71 bits per heavy atom. The van der Waals surface area contributed by atoms with Crippen LogP contribution in [0.15, 0.2) is 12.1 Å². The van der Waals surface area contributed by atoms with E-state index in [1.165, 1.54) is 6.42 Å². The van der Waals surface area contributed by atoms with Crippen LogP contribution in [0.3, 0.4) is 0 Å². The average molecular weight is 192 g/mol. The molecule has 1 amide bonds. The zero-order valence-corrected chi connectivity index (χ0v) is 7.73. The van der Waals surface area contributed by atoms with Gasteiger partial charge in [-0.05, 0) is 31.4 Å². The van der Waals surface area contributed by atoms with Crippen LogP contribution >= 0.6 is 0 Å². The first-order valence-corrected chi connectivity index (χ1v) is 4.66. The Morgan fingerprint density at radius 1 is 1.43 bits per heavy atom. The minimum absolute atomic E-state index is 0.165. The number of carbonyl (C=O) groups excluding carboxylic acids is 1. The molecule has 0 bridgehead atoms. The van der Waals surface area contributed by atoms with E-state index in [1.807, 2.05) is 0 Å². The molecule has 0 aliphatic heterocycles. The third-order valence-corrected chi connectivity index (χ3v) is 2.36. The molecule has 0 atom stereocenters. The van der Waals surface area contributed by atoms with Crippen molar-refractivity contribution in [1.82, 2.24) is 15.5 Å². The van der Waals surface area contributed by atoms with E-state index in [2.05, 4.69) is 15.5 Å². The lowest BCUT2D eigenvalue weighted by Gasteiger charge is -2.25. The summed E-state index contributed by atoms with van der Waals surface area (Å²) in [5.74, 6) is 0.160. The number of hydrogen-bond donors (Lipinski definition) is 2. The fourth-order valence-corrected chi connectivity index (χ4v) is 1.28. The van der Waals surface area contributed by atoms with Gasteiger partial charge in [0.15, 0.2) is 5.69 Å². The number of nitrogen functional groups attached to an aromatic ring is 1. The minimum atomic E-state index is -0.165. The van der Waals surface area contributed by atoms with Gasteiger partial charge >= 0.3 is 0 Å². The topological polar surface area (TPSA) is 80.9 Å². The lowest BCUT2D eigenvalue weighted by molar-refractivity contribution is 0.0911. The van der Waals surface area contributed by atoms with E-state index < -0.39 is 0 Å². The molecule has 2 rings (SSSR count). The molecule has 5 heteroatoms. The molecule has 1 aromatic rings. The van der Waals surface area contributed by atoms with Crippen LogP contribution in [0.2, 0.25) is 0 Å². The van der Waals surface area contributed by atoms with E-state index in [9.17, 15) is 4.79 Å². The standard InChI is InChI=1S/C9H12N4O/c10-8-5-4-7(12-13-8)9(14)11-6-2-1-3-6/h4-6H,1-3H2,(H2,10,13)(H,11,14). The number of rotatable bonds is 2. The Kier molecular flexibility index (Phi) is 2.30. The molecule has 0 radical (unpaired) electrons. The van der Waals surface area contributed by atoms with Gasteiger partial charge in [0.1, 0.15) is 5.82 Å². The maximum atomic E-state index is 11.5. The monoisotopic (exact) mass is 192 g/mol. The van der Waals surface area contributed by atoms with Crippen LogP contribution in [0, 0.1) is 0 Å². The lowest BCUT2D eigenvalue weighted by atomic mass is 9.93. The first-order chi connectivity index (χ1) is 6.75. The summed E-state index contributed by atoms with van der Waals surface area (Å²) in [5, 5.41) is 10.2. The van der Waals surface area contributed by atoms with Gasteiger partial charge in [-0.25, -0.2) is 0 Å². The van der Waals surface area contributed by atoms with E-state index in [-0.39, 0.29) is 5.91 Å². The molecule has 0 saturated heterocycles. The fraction of sp³-hybridized carbons (Fsp3) is 0.444. The van der Waals surface area contributed by atoms with Crippen molar-refractivity contribution in [3.63, 3.8) is 0 Å². The molecule has 3 N–H and O–H groups in total. The highest BCUT2D eigenvalue weighted by atomic mass is 16.2. The Labute approximate surface area is 81.7 Å². The molecule has 14 heavy (non-hydrogen) atoms. The van der Waals surface area contributed by atoms with Crippen molar-refractivity contribution in [2.75, 3.05) is 5.73 Å². The summed E-state index contributed by atoms with van der Waals surface area (Å²) in [5.41, 5.74) is 5.69. The molecule has 0 aromatic carbocycles. The second-order valence-electron chi connectivity index (χ2n) is 3.44. The zero-order valence-electron chi connectivity index (χ0n) is 7.73. The molecule has 1 fully saturated rings. The summed E-state index contributed by atoms with van der Waals surface area (Å²) in [6.07, 6.45) is 3.32. The Bertz CT molecular complexity index is 331. The smallest absolute Gasteiger partial charge is 0.272 e. The molecule has 1 aliphatic rings. The van der Waals surface area contributed by atoms with Crippen LogP contribution in [0.5, 0.6) is 0 Å². The second kappa shape index (κ2) is 3.61. The predicted molar refractivity (Wildman–Crippen MR) is 51.5 cm³/mol. The largest absolute Gasteiger partial charge is 0.382 e. The van der Waals surface area contributed by atoms with Crippen LogP contribution in [0.4, 0.5) is 5.82 Å². The van der Waals surface area contributed by atoms with E-state index in [0.717, 1.165) is 12.8 Å². The molecule has 1 aromatic heterocycles. The van der Waals surface area contributed by atoms with Crippen LogP contribution in [0.25, 0.3) is 0 Å². The number of carbonyl (C=O) groups is 1. The summed E-state index contributed by atoms with van der Waals surface area (Å²) in [4.78, 5) is 11.5. The maximum absolute atomic E-state index is 11.5. The van der Waals surface area contributed by atoms with E-state index in [0.29, 0.717) is 17.6 Å². The van der Waals surface area contributed by atoms with Gasteiger partial charge in [0.25, 0.3) is 5.91 Å². The average Bonchev–Trinajstić information content (AvgIpc) is 2.12. The number of nitrogens with one attached hydrogen (secondary N) is 1. The van der Waals surface area contributed by atoms with Crippen molar-refractivity contribution in [1.29, 1.82) is 0 Å². The van der Waals surface area contributed by atoms with E-state index in [1.54, 1.807) is 12.1 Å². The third-order valence-electron chi connectivity index (χ3n) is 2.36. The number of aromatic nitrogens is 2. The van der Waals surface area contributed by atoms with Gasteiger partial charge in [-0.2, -0.15) is 0 Å². The quantitative estimate of drug-likeness (QED) is 0.708. The molecule has 1 saturated carbocycles. The molecule has 0 spiro atoms. The maximum Gasteiger partial charge on any atom is 0.272 e. The van der Waals surface area contributed by atoms with Crippen molar-refractivity contribution in [3.05, 3.63) is 17.8 Å². The first-order valence-electron chi connectivity index (χ1n) is 4.66. The van der Waals surface area contributed by atoms with Gasteiger partial charge in [-0.1, -0.05) is 0 Å². The fourth-order valence-electron chi connectivity index (χ4n) is 1.28. The summed E-state index contributed by atoms with van der Waals surface area (Å²) < 4.78 is 0. The summed E-state index contributed by atoms with van der Waals surface area (Å²) in [6, 6.07) is 3.47. The van der Waals surface area contributed by atoms with E-state index in [4.69, 9.17) is 5.73 Å². The molecule has 5 nitrogen and oxygen atoms in total. The van der Waals surface area contributed by atoms with Gasteiger partial charge in [-0.15, -0.1) is 10.2 Å². The third kappa shape index (κ3) is 1.81. The van der Waals surface area contributed by atoms with E-state index >= 15 is 0 Å². The molecular weight excluding hydrogens is 180 g/mol. The minimum Gasteiger partial charge on any atom is -0.382 e. The van der Waals surface area contributed by atoms with Gasteiger partial charge in [0.05, 0.1) is 0 Å². The van der Waals surface area contributed by atoms with Crippen molar-refractivity contribution in [2.24, 2.45) is 0 Å². The molecule has 0 unspecified atom stereocenters. The lowest BCUT2D eigenvalue weighted by Crippen LogP contribution is -2.39. The SMILES string of the molecule is Nc1ccc(C(=O)NC2CCC2)nn1. The number of hydrogen-bond acceptors (Lipinski definition) is 4.